The quantitative estimate of drug-likeness (QED) is 0.253. The van der Waals surface area contributed by atoms with Gasteiger partial charge in [0.2, 0.25) is 0 Å². The zero-order chi connectivity index (χ0) is 25.2. The van der Waals surface area contributed by atoms with Gasteiger partial charge in [-0.1, -0.05) is 42.5 Å². The van der Waals surface area contributed by atoms with Gasteiger partial charge in [-0.15, -0.1) is 0 Å². The Morgan fingerprint density at radius 2 is 1.61 bits per heavy atom. The van der Waals surface area contributed by atoms with Gasteiger partial charge in [0.05, 0.1) is 24.3 Å². The predicted molar refractivity (Wildman–Crippen MR) is 130 cm³/mol. The highest BCUT2D eigenvalue weighted by molar-refractivity contribution is 6.46. The van der Waals surface area contributed by atoms with Gasteiger partial charge in [-0.05, 0) is 41.5 Å². The van der Waals surface area contributed by atoms with Crippen molar-refractivity contribution in [3.05, 3.63) is 101 Å². The highest BCUT2D eigenvalue weighted by Gasteiger charge is 2.46. The maximum absolute atomic E-state index is 13.3. The minimum atomic E-state index is -0.870. The third-order valence-corrected chi connectivity index (χ3v) is 6.20. The molecule has 1 amide bonds. The zero-order valence-corrected chi connectivity index (χ0v) is 19.5. The number of ether oxygens (including phenoxy) is 3. The van der Waals surface area contributed by atoms with Crippen molar-refractivity contribution in [3.8, 4) is 11.5 Å². The Kier molecular flexibility index (Phi) is 6.16. The average molecular weight is 485 g/mol. The lowest BCUT2D eigenvalue weighted by Gasteiger charge is -2.26. The van der Waals surface area contributed by atoms with Gasteiger partial charge >= 0.3 is 5.97 Å². The van der Waals surface area contributed by atoms with Gasteiger partial charge in [0.15, 0.2) is 11.5 Å². The van der Waals surface area contributed by atoms with E-state index in [9.17, 15) is 19.5 Å². The van der Waals surface area contributed by atoms with Crippen LogP contribution in [0.25, 0.3) is 5.76 Å². The van der Waals surface area contributed by atoms with Crippen molar-refractivity contribution in [3.63, 3.8) is 0 Å². The molecule has 2 heterocycles. The van der Waals surface area contributed by atoms with Gasteiger partial charge < -0.3 is 24.2 Å². The third-order valence-electron chi connectivity index (χ3n) is 6.20. The number of esters is 1. The summed E-state index contributed by atoms with van der Waals surface area (Å²) in [6, 6.07) is 19.7. The molecule has 182 valence electrons. The minimum absolute atomic E-state index is 0.0431. The van der Waals surface area contributed by atoms with Crippen molar-refractivity contribution < 1.29 is 33.7 Å². The first-order valence-electron chi connectivity index (χ1n) is 11.4. The van der Waals surface area contributed by atoms with E-state index in [1.165, 1.54) is 12.0 Å². The molecule has 2 aliphatic heterocycles. The molecule has 3 aromatic rings. The lowest BCUT2D eigenvalue weighted by Crippen LogP contribution is -2.29. The van der Waals surface area contributed by atoms with E-state index in [0.29, 0.717) is 41.4 Å². The number of methoxy groups -OCH3 is 1. The van der Waals surface area contributed by atoms with Gasteiger partial charge in [0, 0.05) is 12.1 Å². The van der Waals surface area contributed by atoms with E-state index in [1.807, 2.05) is 30.3 Å². The van der Waals surface area contributed by atoms with Crippen LogP contribution in [0.1, 0.15) is 33.1 Å². The highest BCUT2D eigenvalue weighted by Crippen LogP contribution is 2.41. The number of ketones is 1. The molecule has 0 aromatic heterocycles. The molecule has 3 aromatic carbocycles. The van der Waals surface area contributed by atoms with Crippen LogP contribution in [-0.4, -0.2) is 48.0 Å². The smallest absolute Gasteiger partial charge is 0.337 e. The number of hydrogen-bond acceptors (Lipinski definition) is 7. The summed E-state index contributed by atoms with van der Waals surface area (Å²) in [6.07, 6.45) is 0. The first-order valence-corrected chi connectivity index (χ1v) is 11.4. The van der Waals surface area contributed by atoms with Crippen molar-refractivity contribution in [2.75, 3.05) is 20.3 Å². The molecule has 1 atom stereocenters. The van der Waals surface area contributed by atoms with E-state index in [2.05, 4.69) is 0 Å². The van der Waals surface area contributed by atoms with Crippen molar-refractivity contribution in [2.45, 2.75) is 12.6 Å². The van der Waals surface area contributed by atoms with Crippen LogP contribution in [0.15, 0.2) is 78.4 Å². The van der Waals surface area contributed by atoms with Crippen LogP contribution < -0.4 is 9.47 Å². The van der Waals surface area contributed by atoms with Crippen LogP contribution in [0.3, 0.4) is 0 Å². The molecule has 0 aliphatic carbocycles. The summed E-state index contributed by atoms with van der Waals surface area (Å²) in [5.74, 6) is -1.35. The molecule has 0 spiro atoms. The molecule has 2 aliphatic rings. The zero-order valence-electron chi connectivity index (χ0n) is 19.5. The Hall–Kier alpha value is -4.59. The Morgan fingerprint density at radius 3 is 2.31 bits per heavy atom. The minimum Gasteiger partial charge on any atom is -0.507 e. The number of Topliss-reactive ketones (excluding diaryl/α,β-unsaturated/α-hetero) is 1. The number of benzene rings is 3. The number of hydrogen-bond donors (Lipinski definition) is 1. The van der Waals surface area contributed by atoms with Crippen LogP contribution in [-0.2, 0) is 20.9 Å². The lowest BCUT2D eigenvalue weighted by atomic mass is 9.94. The monoisotopic (exact) mass is 485 g/mol. The number of amides is 1. The Bertz CT molecular complexity index is 1360. The van der Waals surface area contributed by atoms with Gasteiger partial charge in [-0.25, -0.2) is 4.79 Å². The van der Waals surface area contributed by atoms with Gasteiger partial charge in [0.1, 0.15) is 19.0 Å². The summed E-state index contributed by atoms with van der Waals surface area (Å²) in [6.45, 7) is 0.947. The summed E-state index contributed by atoms with van der Waals surface area (Å²) in [5.41, 5.74) is 2.01. The summed E-state index contributed by atoms with van der Waals surface area (Å²) in [7, 11) is 1.29. The predicted octanol–water partition coefficient (Wildman–Crippen LogP) is 3.87. The fraction of sp³-hybridized carbons (Fsp3) is 0.179. The molecule has 0 radical (unpaired) electrons. The van der Waals surface area contributed by atoms with E-state index < -0.39 is 23.7 Å². The normalized spacial score (nSPS) is 18.2. The fourth-order valence-corrected chi connectivity index (χ4v) is 4.44. The first kappa shape index (κ1) is 23.2. The van der Waals surface area contributed by atoms with Crippen LogP contribution in [0, 0.1) is 0 Å². The van der Waals surface area contributed by atoms with E-state index in [4.69, 9.17) is 14.2 Å². The SMILES string of the molecule is COC(=O)c1ccc([C@H]2C(=C(O)c3ccc4c(c3)OCCO4)C(=O)C(=O)N2Cc2ccccc2)cc1. The number of aliphatic hydroxyl groups excluding tert-OH is 1. The van der Waals surface area contributed by atoms with Gasteiger partial charge in [0.25, 0.3) is 11.7 Å². The van der Waals surface area contributed by atoms with Crippen molar-refractivity contribution in [2.24, 2.45) is 0 Å². The Morgan fingerprint density at radius 1 is 0.944 bits per heavy atom. The van der Waals surface area contributed by atoms with Gasteiger partial charge in [-0.2, -0.15) is 0 Å². The van der Waals surface area contributed by atoms with E-state index in [1.54, 1.807) is 42.5 Å². The van der Waals surface area contributed by atoms with E-state index >= 15 is 0 Å². The summed E-state index contributed by atoms with van der Waals surface area (Å²) >= 11 is 0. The first-order chi connectivity index (χ1) is 17.5. The highest BCUT2D eigenvalue weighted by atomic mass is 16.6. The van der Waals surface area contributed by atoms with Crippen molar-refractivity contribution >= 4 is 23.4 Å². The molecule has 36 heavy (non-hydrogen) atoms. The van der Waals surface area contributed by atoms with E-state index in [-0.39, 0.29) is 17.9 Å². The fourth-order valence-electron chi connectivity index (χ4n) is 4.44. The number of carbonyl (C=O) groups excluding carboxylic acids is 3. The van der Waals surface area contributed by atoms with E-state index in [0.717, 1.165) is 5.56 Å². The number of likely N-dealkylation sites (tertiary alicyclic amines) is 1. The lowest BCUT2D eigenvalue weighted by molar-refractivity contribution is -0.140. The molecule has 1 saturated heterocycles. The van der Waals surface area contributed by atoms with Gasteiger partial charge in [-0.3, -0.25) is 9.59 Å². The number of aliphatic hydroxyl groups is 1. The molecule has 0 unspecified atom stereocenters. The van der Waals surface area contributed by atoms with Crippen LogP contribution >= 0.6 is 0 Å². The molecule has 1 fully saturated rings. The second-order valence-electron chi connectivity index (χ2n) is 8.38. The molecule has 8 heteroatoms. The largest absolute Gasteiger partial charge is 0.507 e. The molecular weight excluding hydrogens is 462 g/mol. The maximum Gasteiger partial charge on any atom is 0.337 e. The topological polar surface area (TPSA) is 102 Å². The molecule has 5 rings (SSSR count). The van der Waals surface area contributed by atoms with Crippen LogP contribution in [0.2, 0.25) is 0 Å². The second kappa shape index (κ2) is 9.58. The molecule has 0 saturated carbocycles. The maximum atomic E-state index is 13.3. The molecule has 0 bridgehead atoms. The summed E-state index contributed by atoms with van der Waals surface area (Å²) in [5, 5.41) is 11.3. The van der Waals surface area contributed by atoms with Crippen LogP contribution in [0.5, 0.6) is 11.5 Å². The number of fused-ring (bicyclic) bond motifs is 1. The Balaban J connectivity index is 1.62. The van der Waals surface area contributed by atoms with Crippen molar-refractivity contribution in [1.82, 2.24) is 4.90 Å². The standard InChI is InChI=1S/C28H23NO7/c1-34-28(33)19-9-7-18(8-10-19)24-23(25(30)20-11-12-21-22(15-20)36-14-13-35-21)26(31)27(32)29(24)16-17-5-3-2-4-6-17/h2-12,15,24,30H,13-14,16H2,1H3/t24-/m0/s1. The average Bonchev–Trinajstić information content (AvgIpc) is 3.17. The molecular formula is C28H23NO7. The number of rotatable bonds is 5. The molecule has 8 nitrogen and oxygen atoms in total. The van der Waals surface area contributed by atoms with Crippen LogP contribution in [0.4, 0.5) is 0 Å². The summed E-state index contributed by atoms with van der Waals surface area (Å²) in [4.78, 5) is 39.8. The number of carbonyl (C=O) groups is 3. The van der Waals surface area contributed by atoms with Crippen molar-refractivity contribution in [1.29, 1.82) is 0 Å². The third kappa shape index (κ3) is 4.17. The Labute approximate surface area is 207 Å². The molecule has 1 N–H and O–H groups in total. The number of nitrogens with zero attached hydrogens (tertiary/aromatic N) is 1. The second-order valence-corrected chi connectivity index (χ2v) is 8.38. The summed E-state index contributed by atoms with van der Waals surface area (Å²) < 4.78 is 15.9.